The van der Waals surface area contributed by atoms with Gasteiger partial charge in [0.2, 0.25) is 0 Å². The Bertz CT molecular complexity index is 1110. The second kappa shape index (κ2) is 9.30. The van der Waals surface area contributed by atoms with Crippen molar-refractivity contribution in [3.8, 4) is 23.0 Å². The van der Waals surface area contributed by atoms with Crippen molar-refractivity contribution in [1.29, 1.82) is 0 Å². The minimum Gasteiger partial charge on any atom is -0.206 e. The number of hydrogen-bond donors (Lipinski definition) is 0. The van der Waals surface area contributed by atoms with Gasteiger partial charge in [-0.15, -0.1) is 5.92 Å². The van der Waals surface area contributed by atoms with Gasteiger partial charge in [-0.1, -0.05) is 67.8 Å². The van der Waals surface area contributed by atoms with Gasteiger partial charge in [0.15, 0.2) is 11.6 Å². The SMILES string of the molecule is CC#Cc1ccc(-c2ccc(/C=C/c3ccc(CCC)cc3F)cc2)c(F)c1F.[HH].[HH].[HH]. The Labute approximate surface area is 174 Å². The molecule has 0 bridgehead atoms. The summed E-state index contributed by atoms with van der Waals surface area (Å²) in [6, 6.07) is 15.3. The van der Waals surface area contributed by atoms with E-state index in [0.29, 0.717) is 11.1 Å². The summed E-state index contributed by atoms with van der Waals surface area (Å²) in [5, 5.41) is 0. The van der Waals surface area contributed by atoms with Crippen molar-refractivity contribution in [2.75, 3.05) is 0 Å². The van der Waals surface area contributed by atoms with E-state index in [1.165, 1.54) is 12.1 Å². The van der Waals surface area contributed by atoms with E-state index in [0.717, 1.165) is 24.0 Å². The molecule has 0 unspecified atom stereocenters. The van der Waals surface area contributed by atoms with Crippen molar-refractivity contribution in [3.63, 3.8) is 0 Å². The molecule has 0 atom stereocenters. The van der Waals surface area contributed by atoms with Crippen LogP contribution in [0.3, 0.4) is 0 Å². The molecule has 152 valence electrons. The van der Waals surface area contributed by atoms with E-state index in [1.807, 2.05) is 6.07 Å². The number of benzene rings is 3. The predicted octanol–water partition coefficient (Wildman–Crippen LogP) is 8.00. The third-order valence-electron chi connectivity index (χ3n) is 4.62. The van der Waals surface area contributed by atoms with Gasteiger partial charge in [-0.25, -0.2) is 13.2 Å². The van der Waals surface area contributed by atoms with Crippen LogP contribution in [-0.2, 0) is 6.42 Å². The Morgan fingerprint density at radius 2 is 1.66 bits per heavy atom. The maximum absolute atomic E-state index is 14.4. The first-order valence-electron chi connectivity index (χ1n) is 9.51. The Kier molecular flexibility index (Phi) is 6.57. The van der Waals surface area contributed by atoms with E-state index in [-0.39, 0.29) is 21.2 Å². The lowest BCUT2D eigenvalue weighted by Crippen LogP contribution is -1.94. The summed E-state index contributed by atoms with van der Waals surface area (Å²) in [5.74, 6) is 3.01. The van der Waals surface area contributed by atoms with E-state index in [4.69, 9.17) is 0 Å². The first kappa shape index (κ1) is 20.5. The zero-order valence-electron chi connectivity index (χ0n) is 16.4. The molecule has 0 amide bonds. The number of hydrogen-bond acceptors (Lipinski definition) is 0. The van der Waals surface area contributed by atoms with Crippen molar-refractivity contribution in [3.05, 3.63) is 94.3 Å². The van der Waals surface area contributed by atoms with Gasteiger partial charge in [0.05, 0.1) is 5.56 Å². The summed E-state index contributed by atoms with van der Waals surface area (Å²) in [5.41, 5.74) is 3.11. The smallest absolute Gasteiger partial charge is 0.175 e. The van der Waals surface area contributed by atoms with Crippen LogP contribution in [0.1, 0.15) is 46.8 Å². The standard InChI is InChI=1S/C26H21F3.3H2/c1-3-5-19-10-14-21(24(27)17-19)13-9-18-7-11-20(12-8-18)23-16-15-22(6-4-2)25(28)26(23)29;;;/h7-17H,3,5H2,1-2H3;3*1H/b13-9+;;;. The molecule has 3 rings (SSSR count). The van der Waals surface area contributed by atoms with Gasteiger partial charge in [0, 0.05) is 15.4 Å². The highest BCUT2D eigenvalue weighted by atomic mass is 19.2. The Hall–Kier alpha value is -3.25. The lowest BCUT2D eigenvalue weighted by Gasteiger charge is -2.06. The quantitative estimate of drug-likeness (QED) is 0.303. The molecule has 0 N–H and O–H groups in total. The van der Waals surface area contributed by atoms with Gasteiger partial charge >= 0.3 is 0 Å². The Morgan fingerprint density at radius 1 is 0.897 bits per heavy atom. The molecule has 0 aliphatic rings. The van der Waals surface area contributed by atoms with E-state index < -0.39 is 11.6 Å². The molecule has 3 aromatic carbocycles. The topological polar surface area (TPSA) is 0 Å². The maximum atomic E-state index is 14.4. The summed E-state index contributed by atoms with van der Waals surface area (Å²) >= 11 is 0. The van der Waals surface area contributed by atoms with Gasteiger partial charge < -0.3 is 0 Å². The number of halogens is 3. The Morgan fingerprint density at radius 3 is 2.31 bits per heavy atom. The van der Waals surface area contributed by atoms with Crippen LogP contribution < -0.4 is 0 Å². The highest BCUT2D eigenvalue weighted by Crippen LogP contribution is 2.27. The first-order chi connectivity index (χ1) is 14.0. The highest BCUT2D eigenvalue weighted by molar-refractivity contribution is 5.73. The van der Waals surface area contributed by atoms with Gasteiger partial charge in [0.25, 0.3) is 0 Å². The van der Waals surface area contributed by atoms with Crippen LogP contribution in [-0.4, -0.2) is 0 Å². The third kappa shape index (κ3) is 4.78. The van der Waals surface area contributed by atoms with E-state index in [9.17, 15) is 13.2 Å². The fourth-order valence-corrected chi connectivity index (χ4v) is 3.11. The van der Waals surface area contributed by atoms with Crippen LogP contribution in [0, 0.1) is 29.3 Å². The van der Waals surface area contributed by atoms with Crippen LogP contribution in [0.4, 0.5) is 13.2 Å². The number of rotatable bonds is 5. The maximum Gasteiger partial charge on any atom is 0.175 e. The molecule has 0 nitrogen and oxygen atoms in total. The van der Waals surface area contributed by atoms with Crippen LogP contribution in [0.2, 0.25) is 0 Å². The highest BCUT2D eigenvalue weighted by Gasteiger charge is 2.13. The average Bonchev–Trinajstić information content (AvgIpc) is 2.72. The molecule has 29 heavy (non-hydrogen) atoms. The third-order valence-corrected chi connectivity index (χ3v) is 4.62. The summed E-state index contributed by atoms with van der Waals surface area (Å²) in [4.78, 5) is 0. The molecule has 3 heteroatoms. The molecule has 0 spiro atoms. The van der Waals surface area contributed by atoms with Crippen molar-refractivity contribution in [1.82, 2.24) is 0 Å². The van der Waals surface area contributed by atoms with Crippen molar-refractivity contribution < 1.29 is 17.5 Å². The summed E-state index contributed by atoms with van der Waals surface area (Å²) < 4.78 is 42.7. The molecule has 0 saturated carbocycles. The van der Waals surface area contributed by atoms with Crippen LogP contribution in [0.15, 0.2) is 54.6 Å². The molecule has 3 aromatic rings. The lowest BCUT2D eigenvalue weighted by molar-refractivity contribution is 0.509. The van der Waals surface area contributed by atoms with Crippen molar-refractivity contribution >= 4 is 12.2 Å². The molecular formula is C26H27F3. The van der Waals surface area contributed by atoms with Crippen LogP contribution in [0.25, 0.3) is 23.3 Å². The zero-order valence-corrected chi connectivity index (χ0v) is 16.4. The molecule has 0 fully saturated rings. The monoisotopic (exact) mass is 396 g/mol. The molecule has 0 aliphatic heterocycles. The molecule has 0 aromatic heterocycles. The van der Waals surface area contributed by atoms with Crippen LogP contribution >= 0.6 is 0 Å². The normalized spacial score (nSPS) is 10.8. The van der Waals surface area contributed by atoms with Gasteiger partial charge in [-0.2, -0.15) is 0 Å². The zero-order chi connectivity index (χ0) is 20.8. The fraction of sp³-hybridized carbons (Fsp3) is 0.154. The fourth-order valence-electron chi connectivity index (χ4n) is 3.11. The average molecular weight is 396 g/mol. The summed E-state index contributed by atoms with van der Waals surface area (Å²) in [7, 11) is 0. The van der Waals surface area contributed by atoms with Crippen molar-refractivity contribution in [2.24, 2.45) is 0 Å². The Balaban J connectivity index is 0.00000320. The molecule has 0 radical (unpaired) electrons. The molecule has 0 heterocycles. The largest absolute Gasteiger partial charge is 0.206 e. The second-order valence-corrected chi connectivity index (χ2v) is 6.72. The van der Waals surface area contributed by atoms with E-state index >= 15 is 0 Å². The summed E-state index contributed by atoms with van der Waals surface area (Å²) in [6.07, 6.45) is 5.32. The molecule has 0 aliphatic carbocycles. The van der Waals surface area contributed by atoms with E-state index in [1.54, 1.807) is 55.5 Å². The number of aryl methyl sites for hydroxylation is 1. The van der Waals surface area contributed by atoms with Crippen molar-refractivity contribution in [2.45, 2.75) is 26.7 Å². The predicted molar refractivity (Wildman–Crippen MR) is 120 cm³/mol. The molecular weight excluding hydrogens is 369 g/mol. The van der Waals surface area contributed by atoms with Gasteiger partial charge in [-0.3, -0.25) is 0 Å². The first-order valence-corrected chi connectivity index (χ1v) is 9.51. The van der Waals surface area contributed by atoms with Gasteiger partial charge in [0.1, 0.15) is 5.82 Å². The minimum absolute atomic E-state index is 0. The van der Waals surface area contributed by atoms with Gasteiger partial charge in [-0.05, 0) is 48.2 Å². The second-order valence-electron chi connectivity index (χ2n) is 6.72. The molecule has 0 saturated heterocycles. The lowest BCUT2D eigenvalue weighted by atomic mass is 10.0. The van der Waals surface area contributed by atoms with E-state index in [2.05, 4.69) is 18.8 Å². The van der Waals surface area contributed by atoms with Crippen LogP contribution in [0.5, 0.6) is 0 Å². The minimum atomic E-state index is -0.942. The summed E-state index contributed by atoms with van der Waals surface area (Å²) in [6.45, 7) is 3.63.